The number of fused-ring (bicyclic) bond motifs is 1. The van der Waals surface area contributed by atoms with Gasteiger partial charge in [0.05, 0.1) is 12.7 Å². The Kier molecular flexibility index (Phi) is 11.4. The van der Waals surface area contributed by atoms with Crippen molar-refractivity contribution in [2.75, 3.05) is 18.1 Å². The number of alkyl halides is 5. The highest BCUT2D eigenvalue weighted by Crippen LogP contribution is 2.49. The minimum atomic E-state index is -5.58. The Morgan fingerprint density at radius 2 is 1.56 bits per heavy atom. The summed E-state index contributed by atoms with van der Waals surface area (Å²) in [6.07, 6.45) is -3.36. The third kappa shape index (κ3) is 9.04. The summed E-state index contributed by atoms with van der Waals surface area (Å²) in [6, 6.07) is 12.2. The second-order valence-corrected chi connectivity index (χ2v) is 12.8. The minimum Gasteiger partial charge on any atom is -0.508 e. The zero-order valence-corrected chi connectivity index (χ0v) is 24.0. The minimum absolute atomic E-state index is 0.0506. The van der Waals surface area contributed by atoms with Crippen molar-refractivity contribution in [2.24, 2.45) is 0 Å². The highest BCUT2D eigenvalue weighted by atomic mass is 32.2. The Morgan fingerprint density at radius 3 is 2.24 bits per heavy atom. The Morgan fingerprint density at radius 1 is 0.927 bits per heavy atom. The van der Waals surface area contributed by atoms with Gasteiger partial charge in [-0.15, -0.1) is 0 Å². The fraction of sp³-hybridized carbons (Fsp3) is 0.600. The van der Waals surface area contributed by atoms with Gasteiger partial charge in [-0.3, -0.25) is 4.21 Å². The number of hydrogen-bond donors (Lipinski definition) is 3. The van der Waals surface area contributed by atoms with Crippen LogP contribution >= 0.6 is 0 Å². The molecule has 2 aromatic carbocycles. The lowest BCUT2D eigenvalue weighted by Crippen LogP contribution is -2.40. The van der Waals surface area contributed by atoms with Crippen molar-refractivity contribution < 1.29 is 46.2 Å². The van der Waals surface area contributed by atoms with Gasteiger partial charge in [-0.05, 0) is 61.4 Å². The first-order chi connectivity index (χ1) is 19.2. The van der Waals surface area contributed by atoms with E-state index in [1.54, 1.807) is 24.3 Å². The van der Waals surface area contributed by atoms with Gasteiger partial charge in [-0.1, -0.05) is 44.4 Å². The summed E-state index contributed by atoms with van der Waals surface area (Å²) >= 11 is 0. The molecule has 1 aliphatic rings. The van der Waals surface area contributed by atoms with E-state index in [0.29, 0.717) is 44.5 Å². The molecular weight excluding hydrogens is 567 g/mol. The second kappa shape index (κ2) is 14.2. The molecule has 0 saturated heterocycles. The average molecular weight is 607 g/mol. The second-order valence-electron chi connectivity index (χ2n) is 11.1. The fourth-order valence-electron chi connectivity index (χ4n) is 5.43. The lowest BCUT2D eigenvalue weighted by atomic mass is 9.66. The molecule has 1 aliphatic heterocycles. The van der Waals surface area contributed by atoms with Gasteiger partial charge >= 0.3 is 12.1 Å². The first kappa shape index (κ1) is 33.1. The van der Waals surface area contributed by atoms with E-state index >= 15 is 0 Å². The van der Waals surface area contributed by atoms with E-state index in [0.717, 1.165) is 24.0 Å². The normalized spacial score (nSPS) is 20.7. The number of hydrogen-bond acceptors (Lipinski definition) is 5. The Labute approximate surface area is 240 Å². The zero-order chi connectivity index (χ0) is 30.3. The molecule has 3 rings (SSSR count). The third-order valence-corrected chi connectivity index (χ3v) is 9.40. The number of phenols is 2. The standard InChI is InChI=1S/C30H39F5O5S/c1-28(21-10-12-23(37)13-11-21)20-40-27-19-24(38)14-15-25(27)26(28)9-5-8-22(36)7-3-2-4-17-41(39)18-6-16-29(31,32)30(33,34)35/h10-15,19,22,26,36-38H,2-9,16-18,20H2,1H3/t22?,26-,28?,41?/m1/s1. The van der Waals surface area contributed by atoms with Gasteiger partial charge in [0, 0.05) is 46.1 Å². The monoisotopic (exact) mass is 606 g/mol. The number of rotatable bonds is 15. The molecule has 3 unspecified atom stereocenters. The smallest absolute Gasteiger partial charge is 0.453 e. The van der Waals surface area contributed by atoms with Crippen molar-refractivity contribution >= 4 is 10.8 Å². The van der Waals surface area contributed by atoms with E-state index in [1.807, 2.05) is 18.2 Å². The number of aromatic hydroxyl groups is 2. The highest BCUT2D eigenvalue weighted by Gasteiger charge is 2.56. The summed E-state index contributed by atoms with van der Waals surface area (Å²) in [4.78, 5) is 0. The third-order valence-electron chi connectivity index (χ3n) is 7.91. The van der Waals surface area contributed by atoms with Crippen LogP contribution < -0.4 is 4.74 Å². The SMILES string of the molecule is CC1(c2ccc(O)cc2)COc2cc(O)ccc2[C@H]1CCCC(O)CCCCCS(=O)CCCC(F)(F)C(F)(F)F. The highest BCUT2D eigenvalue weighted by molar-refractivity contribution is 7.84. The molecule has 0 saturated carbocycles. The van der Waals surface area contributed by atoms with E-state index in [-0.39, 0.29) is 34.3 Å². The first-order valence-corrected chi connectivity index (χ1v) is 15.4. The van der Waals surface area contributed by atoms with Crippen LogP contribution in [0.1, 0.15) is 81.8 Å². The van der Waals surface area contributed by atoms with Crippen LogP contribution in [0.15, 0.2) is 42.5 Å². The van der Waals surface area contributed by atoms with E-state index in [1.165, 1.54) is 0 Å². The summed E-state index contributed by atoms with van der Waals surface area (Å²) in [6.45, 7) is 2.51. The molecule has 0 spiro atoms. The van der Waals surface area contributed by atoms with Gasteiger partial charge in [0.2, 0.25) is 0 Å². The first-order valence-electron chi connectivity index (χ1n) is 14.0. The molecular formula is C30H39F5O5S. The lowest BCUT2D eigenvalue weighted by Gasteiger charge is -2.43. The van der Waals surface area contributed by atoms with Crippen LogP contribution in [0.4, 0.5) is 22.0 Å². The van der Waals surface area contributed by atoms with E-state index < -0.39 is 41.8 Å². The molecule has 0 aliphatic carbocycles. The molecule has 0 amide bonds. The van der Waals surface area contributed by atoms with Crippen molar-refractivity contribution in [3.63, 3.8) is 0 Å². The predicted octanol–water partition coefficient (Wildman–Crippen LogP) is 7.35. The maximum Gasteiger partial charge on any atom is 0.453 e. The largest absolute Gasteiger partial charge is 0.508 e. The summed E-state index contributed by atoms with van der Waals surface area (Å²) in [5, 5.41) is 30.2. The molecule has 0 bridgehead atoms. The average Bonchev–Trinajstić information content (AvgIpc) is 2.89. The van der Waals surface area contributed by atoms with Crippen LogP contribution in [0.2, 0.25) is 0 Å². The molecule has 5 nitrogen and oxygen atoms in total. The van der Waals surface area contributed by atoms with Crippen molar-refractivity contribution in [1.29, 1.82) is 0 Å². The number of phenolic OH excluding ortho intramolecular Hbond substituents is 2. The number of benzene rings is 2. The molecule has 0 aromatic heterocycles. The number of unbranched alkanes of at least 4 members (excludes halogenated alkanes) is 2. The number of ether oxygens (including phenoxy) is 1. The lowest BCUT2D eigenvalue weighted by molar-refractivity contribution is -0.284. The van der Waals surface area contributed by atoms with Crippen LogP contribution in [0.5, 0.6) is 17.2 Å². The number of halogens is 5. The van der Waals surface area contributed by atoms with Crippen LogP contribution in [0.3, 0.4) is 0 Å². The fourth-order valence-corrected chi connectivity index (χ4v) is 6.63. The summed E-state index contributed by atoms with van der Waals surface area (Å²) < 4.78 is 80.5. The van der Waals surface area contributed by atoms with Crippen LogP contribution in [-0.2, 0) is 16.2 Å². The topological polar surface area (TPSA) is 87.0 Å². The Balaban J connectivity index is 1.42. The summed E-state index contributed by atoms with van der Waals surface area (Å²) in [5.74, 6) is -3.72. The van der Waals surface area contributed by atoms with Gasteiger partial charge < -0.3 is 20.1 Å². The van der Waals surface area contributed by atoms with Gasteiger partial charge in [-0.25, -0.2) is 0 Å². The molecule has 1 heterocycles. The van der Waals surface area contributed by atoms with Gasteiger partial charge in [0.1, 0.15) is 17.2 Å². The van der Waals surface area contributed by atoms with Crippen molar-refractivity contribution in [3.05, 3.63) is 53.6 Å². The molecule has 11 heteroatoms. The summed E-state index contributed by atoms with van der Waals surface area (Å²) in [5.41, 5.74) is 1.61. The van der Waals surface area contributed by atoms with Crippen molar-refractivity contribution in [1.82, 2.24) is 0 Å². The molecule has 41 heavy (non-hydrogen) atoms. The van der Waals surface area contributed by atoms with E-state index in [9.17, 15) is 41.5 Å². The Hall–Kier alpha value is -2.40. The molecule has 3 N–H and O–H groups in total. The van der Waals surface area contributed by atoms with Crippen molar-refractivity contribution in [3.8, 4) is 17.2 Å². The molecule has 230 valence electrons. The van der Waals surface area contributed by atoms with Gasteiger partial charge in [-0.2, -0.15) is 22.0 Å². The van der Waals surface area contributed by atoms with Crippen LogP contribution in [-0.4, -0.2) is 55.8 Å². The van der Waals surface area contributed by atoms with Crippen molar-refractivity contribution in [2.45, 2.75) is 94.2 Å². The zero-order valence-electron chi connectivity index (χ0n) is 23.1. The molecule has 2 aromatic rings. The van der Waals surface area contributed by atoms with Crippen LogP contribution in [0.25, 0.3) is 0 Å². The predicted molar refractivity (Wildman–Crippen MR) is 148 cm³/mol. The van der Waals surface area contributed by atoms with Gasteiger partial charge in [0.25, 0.3) is 0 Å². The van der Waals surface area contributed by atoms with Gasteiger partial charge in [0.15, 0.2) is 0 Å². The Bertz CT molecular complexity index is 1140. The number of aliphatic hydroxyl groups is 1. The maximum absolute atomic E-state index is 12.9. The molecule has 0 fully saturated rings. The van der Waals surface area contributed by atoms with E-state index in [2.05, 4.69) is 6.92 Å². The molecule has 0 radical (unpaired) electrons. The van der Waals surface area contributed by atoms with E-state index in [4.69, 9.17) is 4.74 Å². The van der Waals surface area contributed by atoms with Crippen LogP contribution in [0, 0.1) is 0 Å². The summed E-state index contributed by atoms with van der Waals surface area (Å²) in [7, 11) is -1.45. The maximum atomic E-state index is 12.9. The number of aliphatic hydroxyl groups excluding tert-OH is 1. The quantitative estimate of drug-likeness (QED) is 0.146. The molecule has 4 atom stereocenters.